The van der Waals surface area contributed by atoms with Crippen molar-refractivity contribution in [3.05, 3.63) is 53.8 Å². The number of hydrogen-bond donors (Lipinski definition) is 0. The predicted molar refractivity (Wildman–Crippen MR) is 91.3 cm³/mol. The number of carbonyl (C=O) groups is 1. The van der Waals surface area contributed by atoms with Gasteiger partial charge >= 0.3 is 0 Å². The first-order chi connectivity index (χ1) is 11.6. The monoisotopic (exact) mass is 360 g/mol. The molecule has 0 unspecified atom stereocenters. The van der Waals surface area contributed by atoms with Crippen molar-refractivity contribution in [2.24, 2.45) is 7.05 Å². The molecule has 0 aliphatic carbocycles. The molecular formula is C15H13ClN6OS. The van der Waals surface area contributed by atoms with Crippen LogP contribution in [-0.4, -0.2) is 37.5 Å². The van der Waals surface area contributed by atoms with Crippen LogP contribution in [0.3, 0.4) is 0 Å². The Morgan fingerprint density at radius 2 is 2.00 bits per heavy atom. The molecule has 0 radical (unpaired) electrons. The Balaban J connectivity index is 1.90. The highest BCUT2D eigenvalue weighted by Crippen LogP contribution is 2.28. The van der Waals surface area contributed by atoms with Crippen LogP contribution >= 0.6 is 23.4 Å². The number of carbonyl (C=O) groups excluding carboxylic acids is 1. The molecule has 3 heterocycles. The van der Waals surface area contributed by atoms with E-state index in [4.69, 9.17) is 11.6 Å². The van der Waals surface area contributed by atoms with Gasteiger partial charge in [-0.25, -0.2) is 15.0 Å². The molecule has 9 heteroatoms. The summed E-state index contributed by atoms with van der Waals surface area (Å²) in [6, 6.07) is 5.29. The third-order valence-corrected chi connectivity index (χ3v) is 4.48. The minimum atomic E-state index is -0.274. The van der Waals surface area contributed by atoms with Gasteiger partial charge in [-0.1, -0.05) is 11.6 Å². The Bertz CT molecular complexity index is 855. The number of pyridine rings is 1. The van der Waals surface area contributed by atoms with E-state index in [0.29, 0.717) is 21.7 Å². The minimum absolute atomic E-state index is 0.136. The number of amides is 1. The predicted octanol–water partition coefficient (Wildman–Crippen LogP) is 2.69. The van der Waals surface area contributed by atoms with Crippen LogP contribution in [0.25, 0.3) is 0 Å². The first-order valence-corrected chi connectivity index (χ1v) is 8.12. The molecule has 0 aromatic carbocycles. The van der Waals surface area contributed by atoms with Crippen LogP contribution in [0.15, 0.2) is 53.3 Å². The topological polar surface area (TPSA) is 76.8 Å². The van der Waals surface area contributed by atoms with Crippen LogP contribution in [0.5, 0.6) is 0 Å². The summed E-state index contributed by atoms with van der Waals surface area (Å²) in [7, 11) is 3.39. The Morgan fingerprint density at radius 3 is 2.67 bits per heavy atom. The van der Waals surface area contributed by atoms with Crippen LogP contribution in [-0.2, 0) is 7.05 Å². The molecule has 3 aromatic heterocycles. The van der Waals surface area contributed by atoms with Crippen LogP contribution in [0.4, 0.5) is 5.69 Å². The molecule has 3 rings (SSSR count). The number of rotatable bonds is 4. The van der Waals surface area contributed by atoms with E-state index < -0.39 is 0 Å². The first kappa shape index (κ1) is 16.4. The molecule has 7 nitrogen and oxygen atoms in total. The Labute approximate surface area is 147 Å². The lowest BCUT2D eigenvalue weighted by Gasteiger charge is -2.17. The molecule has 0 aliphatic heterocycles. The minimum Gasteiger partial charge on any atom is -0.316 e. The van der Waals surface area contributed by atoms with Gasteiger partial charge in [0.15, 0.2) is 15.5 Å². The summed E-state index contributed by atoms with van der Waals surface area (Å²) in [4.78, 5) is 30.8. The zero-order chi connectivity index (χ0) is 17.1. The molecule has 3 aromatic rings. The molecule has 0 fully saturated rings. The molecule has 0 N–H and O–H groups in total. The molecule has 0 bridgehead atoms. The van der Waals surface area contributed by atoms with E-state index in [9.17, 15) is 4.79 Å². The van der Waals surface area contributed by atoms with Gasteiger partial charge < -0.3 is 9.47 Å². The lowest BCUT2D eigenvalue weighted by molar-refractivity contribution is 0.0984. The van der Waals surface area contributed by atoms with Crippen molar-refractivity contribution in [2.75, 3.05) is 11.9 Å². The lowest BCUT2D eigenvalue weighted by atomic mass is 10.3. The summed E-state index contributed by atoms with van der Waals surface area (Å²) >= 11 is 7.43. The van der Waals surface area contributed by atoms with E-state index in [1.54, 1.807) is 61.6 Å². The number of halogens is 1. The Kier molecular flexibility index (Phi) is 4.77. The first-order valence-electron chi connectivity index (χ1n) is 6.93. The fraction of sp³-hybridized carbons (Fsp3) is 0.133. The van der Waals surface area contributed by atoms with Gasteiger partial charge in [-0.3, -0.25) is 9.78 Å². The van der Waals surface area contributed by atoms with E-state index in [1.165, 1.54) is 16.7 Å². The summed E-state index contributed by atoms with van der Waals surface area (Å²) in [5.74, 6) is -0.274. The van der Waals surface area contributed by atoms with E-state index in [1.807, 2.05) is 0 Å². The maximum atomic E-state index is 12.8. The summed E-state index contributed by atoms with van der Waals surface area (Å²) in [6.45, 7) is 0. The number of nitrogens with zero attached hydrogens (tertiary/aromatic N) is 6. The second kappa shape index (κ2) is 6.98. The zero-order valence-corrected chi connectivity index (χ0v) is 14.5. The Morgan fingerprint density at radius 1 is 1.25 bits per heavy atom. The molecule has 0 saturated heterocycles. The van der Waals surface area contributed by atoms with Crippen molar-refractivity contribution in [1.82, 2.24) is 24.5 Å². The van der Waals surface area contributed by atoms with Crippen molar-refractivity contribution in [3.8, 4) is 0 Å². The summed E-state index contributed by atoms with van der Waals surface area (Å²) in [5.41, 5.74) is 0.960. The maximum Gasteiger partial charge on any atom is 0.277 e. The van der Waals surface area contributed by atoms with Gasteiger partial charge in [0.2, 0.25) is 0 Å². The van der Waals surface area contributed by atoms with Crippen molar-refractivity contribution in [1.29, 1.82) is 0 Å². The van der Waals surface area contributed by atoms with Gasteiger partial charge in [-0.05, 0) is 30.0 Å². The van der Waals surface area contributed by atoms with Crippen LogP contribution in [0, 0.1) is 0 Å². The highest BCUT2D eigenvalue weighted by molar-refractivity contribution is 7.99. The molecule has 0 atom stereocenters. The molecule has 0 aliphatic rings. The van der Waals surface area contributed by atoms with Crippen LogP contribution in [0.2, 0.25) is 5.15 Å². The summed E-state index contributed by atoms with van der Waals surface area (Å²) in [5, 5.41) is 1.20. The van der Waals surface area contributed by atoms with Crippen molar-refractivity contribution in [2.45, 2.75) is 10.3 Å². The van der Waals surface area contributed by atoms with E-state index >= 15 is 0 Å². The SMILES string of the molecule is CN(C(=O)c1c(Cl)nc(Sc2ncccn2)n1C)c1cccnc1. The highest BCUT2D eigenvalue weighted by atomic mass is 35.5. The summed E-state index contributed by atoms with van der Waals surface area (Å²) in [6.07, 6.45) is 6.54. The molecule has 122 valence electrons. The number of anilines is 1. The highest BCUT2D eigenvalue weighted by Gasteiger charge is 2.24. The van der Waals surface area contributed by atoms with Crippen LogP contribution < -0.4 is 4.90 Å². The molecule has 0 saturated carbocycles. The number of imidazole rings is 1. The average Bonchev–Trinajstić information content (AvgIpc) is 2.89. The molecule has 24 heavy (non-hydrogen) atoms. The number of hydrogen-bond acceptors (Lipinski definition) is 6. The third-order valence-electron chi connectivity index (χ3n) is 3.28. The van der Waals surface area contributed by atoms with E-state index in [-0.39, 0.29) is 11.1 Å². The largest absolute Gasteiger partial charge is 0.316 e. The van der Waals surface area contributed by atoms with Crippen molar-refractivity contribution in [3.63, 3.8) is 0 Å². The fourth-order valence-corrected chi connectivity index (χ4v) is 3.11. The Hall–Kier alpha value is -2.45. The van der Waals surface area contributed by atoms with Gasteiger partial charge in [-0.15, -0.1) is 0 Å². The maximum absolute atomic E-state index is 12.8. The summed E-state index contributed by atoms with van der Waals surface area (Å²) < 4.78 is 1.64. The smallest absolute Gasteiger partial charge is 0.277 e. The van der Waals surface area contributed by atoms with Gasteiger partial charge in [0.1, 0.15) is 5.69 Å². The number of aromatic nitrogens is 5. The van der Waals surface area contributed by atoms with Gasteiger partial charge in [-0.2, -0.15) is 0 Å². The third kappa shape index (κ3) is 3.24. The second-order valence-electron chi connectivity index (χ2n) is 4.80. The van der Waals surface area contributed by atoms with Gasteiger partial charge in [0, 0.05) is 32.7 Å². The fourth-order valence-electron chi connectivity index (χ4n) is 2.02. The van der Waals surface area contributed by atoms with Crippen molar-refractivity contribution < 1.29 is 4.79 Å². The average molecular weight is 361 g/mol. The quantitative estimate of drug-likeness (QED) is 0.666. The lowest BCUT2D eigenvalue weighted by Crippen LogP contribution is -2.28. The van der Waals surface area contributed by atoms with E-state index in [2.05, 4.69) is 19.9 Å². The van der Waals surface area contributed by atoms with Crippen molar-refractivity contribution >= 4 is 35.0 Å². The van der Waals surface area contributed by atoms with Crippen LogP contribution in [0.1, 0.15) is 10.5 Å². The second-order valence-corrected chi connectivity index (χ2v) is 6.09. The zero-order valence-electron chi connectivity index (χ0n) is 12.9. The standard InChI is InChI=1S/C15H13ClN6OS/c1-21(10-5-3-6-17-9-10)13(23)11-12(16)20-15(22(11)2)24-14-18-7-4-8-19-14/h3-9H,1-2H3. The van der Waals surface area contributed by atoms with Gasteiger partial charge in [0.05, 0.1) is 11.9 Å². The molecular weight excluding hydrogens is 348 g/mol. The van der Waals surface area contributed by atoms with E-state index in [0.717, 1.165) is 0 Å². The normalized spacial score (nSPS) is 10.6. The van der Waals surface area contributed by atoms with Gasteiger partial charge in [0.25, 0.3) is 5.91 Å². The molecule has 1 amide bonds. The molecule has 0 spiro atoms.